The summed E-state index contributed by atoms with van der Waals surface area (Å²) in [5.74, 6) is 0. The molecule has 0 aliphatic carbocycles. The Bertz CT molecular complexity index is 633. The molecule has 0 atom stereocenters. The molecule has 0 amide bonds. The van der Waals surface area contributed by atoms with E-state index in [2.05, 4.69) is 6.58 Å². The van der Waals surface area contributed by atoms with Crippen LogP contribution >= 0.6 is 11.6 Å². The highest BCUT2D eigenvalue weighted by atomic mass is 35.5. The fraction of sp³-hybridized carbons (Fsp3) is 0.308. The lowest BCUT2D eigenvalue weighted by atomic mass is 10.2. The minimum atomic E-state index is -3.67. The van der Waals surface area contributed by atoms with Crippen LogP contribution in [0.3, 0.4) is 0 Å². The molecular weight excluding hydrogens is 284 g/mol. The summed E-state index contributed by atoms with van der Waals surface area (Å²) >= 11 is 5.95. The van der Waals surface area contributed by atoms with Crippen LogP contribution < -0.4 is 0 Å². The van der Waals surface area contributed by atoms with Gasteiger partial charge in [0.15, 0.2) is 0 Å². The second kappa shape index (κ2) is 6.20. The van der Waals surface area contributed by atoms with E-state index in [4.69, 9.17) is 16.9 Å². The third kappa shape index (κ3) is 3.57. The summed E-state index contributed by atoms with van der Waals surface area (Å²) in [5, 5.41) is 8.80. The molecular formula is C13H15ClN2O2S. The number of hydrogen-bond acceptors (Lipinski definition) is 3. The lowest BCUT2D eigenvalue weighted by Crippen LogP contribution is -2.32. The van der Waals surface area contributed by atoms with E-state index in [-0.39, 0.29) is 16.5 Å². The van der Waals surface area contributed by atoms with E-state index >= 15 is 0 Å². The SMILES string of the molecule is C=C(C)CN(CC)S(=O)(=O)c1ccc(C#N)cc1Cl. The summed E-state index contributed by atoms with van der Waals surface area (Å²) < 4.78 is 26.2. The quantitative estimate of drug-likeness (QED) is 0.785. The van der Waals surface area contributed by atoms with Crippen molar-refractivity contribution < 1.29 is 8.42 Å². The first-order valence-electron chi connectivity index (χ1n) is 5.67. The molecule has 4 nitrogen and oxygen atoms in total. The average molecular weight is 299 g/mol. The molecule has 0 aliphatic heterocycles. The standard InChI is InChI=1S/C13H15ClN2O2S/c1-4-16(9-10(2)3)19(17,18)13-6-5-11(8-15)7-12(13)14/h5-7H,2,4,9H2,1,3H3. The van der Waals surface area contributed by atoms with Crippen molar-refractivity contribution in [2.45, 2.75) is 18.7 Å². The largest absolute Gasteiger partial charge is 0.244 e. The molecule has 0 aromatic heterocycles. The average Bonchev–Trinajstić information content (AvgIpc) is 2.34. The van der Waals surface area contributed by atoms with Crippen molar-refractivity contribution in [3.05, 3.63) is 40.9 Å². The molecule has 102 valence electrons. The molecule has 19 heavy (non-hydrogen) atoms. The lowest BCUT2D eigenvalue weighted by molar-refractivity contribution is 0.453. The molecule has 0 spiro atoms. The number of sulfonamides is 1. The van der Waals surface area contributed by atoms with E-state index in [9.17, 15) is 8.42 Å². The Kier molecular flexibility index (Phi) is 5.12. The Balaban J connectivity index is 3.26. The molecule has 0 heterocycles. The number of halogens is 1. The predicted octanol–water partition coefficient (Wildman–Crippen LogP) is 2.80. The number of nitrogens with zero attached hydrogens (tertiary/aromatic N) is 2. The smallest absolute Gasteiger partial charge is 0.207 e. The Morgan fingerprint density at radius 1 is 1.53 bits per heavy atom. The zero-order valence-electron chi connectivity index (χ0n) is 10.9. The van der Waals surface area contributed by atoms with Crippen molar-refractivity contribution in [2.24, 2.45) is 0 Å². The van der Waals surface area contributed by atoms with Crippen molar-refractivity contribution in [1.82, 2.24) is 4.31 Å². The van der Waals surface area contributed by atoms with Gasteiger partial charge in [-0.15, -0.1) is 0 Å². The van der Waals surface area contributed by atoms with E-state index in [0.29, 0.717) is 12.1 Å². The molecule has 6 heteroatoms. The van der Waals surface area contributed by atoms with Gasteiger partial charge in [0.1, 0.15) is 4.90 Å². The van der Waals surface area contributed by atoms with Gasteiger partial charge in [-0.2, -0.15) is 9.57 Å². The van der Waals surface area contributed by atoms with Crippen LogP contribution in [0.25, 0.3) is 0 Å². The van der Waals surface area contributed by atoms with Crippen LogP contribution in [-0.4, -0.2) is 25.8 Å². The van der Waals surface area contributed by atoms with Crippen molar-refractivity contribution in [1.29, 1.82) is 5.26 Å². The van der Waals surface area contributed by atoms with Gasteiger partial charge in [0.25, 0.3) is 0 Å². The number of likely N-dealkylation sites (N-methyl/N-ethyl adjacent to an activating group) is 1. The Morgan fingerprint density at radius 3 is 2.58 bits per heavy atom. The van der Waals surface area contributed by atoms with Crippen LogP contribution in [-0.2, 0) is 10.0 Å². The summed E-state index contributed by atoms with van der Waals surface area (Å²) in [6.07, 6.45) is 0. The molecule has 0 saturated carbocycles. The Labute approximate surface area is 119 Å². The summed E-state index contributed by atoms with van der Waals surface area (Å²) in [7, 11) is -3.67. The summed E-state index contributed by atoms with van der Waals surface area (Å²) in [4.78, 5) is 0.0104. The topological polar surface area (TPSA) is 61.2 Å². The van der Waals surface area contributed by atoms with Crippen LogP contribution in [0.15, 0.2) is 35.2 Å². The highest BCUT2D eigenvalue weighted by Crippen LogP contribution is 2.25. The van der Waals surface area contributed by atoms with Crippen molar-refractivity contribution in [2.75, 3.05) is 13.1 Å². The van der Waals surface area contributed by atoms with Gasteiger partial charge in [0, 0.05) is 13.1 Å². The number of hydrogen-bond donors (Lipinski definition) is 0. The Hall–Kier alpha value is -1.35. The molecule has 0 bridgehead atoms. The summed E-state index contributed by atoms with van der Waals surface area (Å²) in [6.45, 7) is 7.80. The highest BCUT2D eigenvalue weighted by Gasteiger charge is 2.25. The maximum absolute atomic E-state index is 12.4. The van der Waals surface area contributed by atoms with Crippen LogP contribution in [0.5, 0.6) is 0 Å². The summed E-state index contributed by atoms with van der Waals surface area (Å²) in [6, 6.07) is 6.06. The monoisotopic (exact) mass is 298 g/mol. The maximum atomic E-state index is 12.4. The van der Waals surface area contributed by atoms with Crippen molar-refractivity contribution in [3.63, 3.8) is 0 Å². The zero-order valence-corrected chi connectivity index (χ0v) is 12.4. The Morgan fingerprint density at radius 2 is 2.16 bits per heavy atom. The van der Waals surface area contributed by atoms with Gasteiger partial charge < -0.3 is 0 Å². The molecule has 1 aromatic carbocycles. The van der Waals surface area contributed by atoms with Crippen molar-refractivity contribution >= 4 is 21.6 Å². The fourth-order valence-electron chi connectivity index (χ4n) is 1.59. The van der Waals surface area contributed by atoms with Crippen molar-refractivity contribution in [3.8, 4) is 6.07 Å². The molecule has 0 radical (unpaired) electrons. The third-order valence-electron chi connectivity index (χ3n) is 2.48. The van der Waals surface area contributed by atoms with E-state index in [1.165, 1.54) is 22.5 Å². The zero-order chi connectivity index (χ0) is 14.6. The molecule has 0 fully saturated rings. The first-order valence-corrected chi connectivity index (χ1v) is 7.49. The molecule has 0 unspecified atom stereocenters. The fourth-order valence-corrected chi connectivity index (χ4v) is 3.61. The molecule has 0 aliphatic rings. The number of benzene rings is 1. The second-order valence-electron chi connectivity index (χ2n) is 4.15. The molecule has 0 N–H and O–H groups in total. The lowest BCUT2D eigenvalue weighted by Gasteiger charge is -2.21. The van der Waals surface area contributed by atoms with Gasteiger partial charge in [-0.05, 0) is 25.1 Å². The van der Waals surface area contributed by atoms with Crippen LogP contribution in [0.2, 0.25) is 5.02 Å². The first-order chi connectivity index (χ1) is 8.82. The van der Waals surface area contributed by atoms with Gasteiger partial charge in [-0.3, -0.25) is 0 Å². The highest BCUT2D eigenvalue weighted by molar-refractivity contribution is 7.89. The predicted molar refractivity (Wildman–Crippen MR) is 75.4 cm³/mol. The van der Waals surface area contributed by atoms with Gasteiger partial charge >= 0.3 is 0 Å². The van der Waals surface area contributed by atoms with Crippen LogP contribution in [0.4, 0.5) is 0 Å². The van der Waals surface area contributed by atoms with Crippen LogP contribution in [0.1, 0.15) is 19.4 Å². The van der Waals surface area contributed by atoms with Gasteiger partial charge in [-0.25, -0.2) is 8.42 Å². The van der Waals surface area contributed by atoms with E-state index < -0.39 is 10.0 Å². The minimum absolute atomic E-state index is 0.0104. The van der Waals surface area contributed by atoms with Crippen LogP contribution in [0, 0.1) is 11.3 Å². The molecule has 0 saturated heterocycles. The van der Waals surface area contributed by atoms with E-state index in [1.807, 2.05) is 6.07 Å². The van der Waals surface area contributed by atoms with Gasteiger partial charge in [0.05, 0.1) is 16.7 Å². The molecule has 1 rings (SSSR count). The van der Waals surface area contributed by atoms with E-state index in [1.54, 1.807) is 13.8 Å². The summed E-state index contributed by atoms with van der Waals surface area (Å²) in [5.41, 5.74) is 1.07. The number of nitriles is 1. The third-order valence-corrected chi connectivity index (χ3v) is 4.88. The first kappa shape index (κ1) is 15.7. The van der Waals surface area contributed by atoms with E-state index in [0.717, 1.165) is 5.57 Å². The number of rotatable bonds is 5. The molecule has 1 aromatic rings. The van der Waals surface area contributed by atoms with Gasteiger partial charge in [0.2, 0.25) is 10.0 Å². The second-order valence-corrected chi connectivity index (χ2v) is 6.46. The normalized spacial score (nSPS) is 11.3. The minimum Gasteiger partial charge on any atom is -0.207 e. The van der Waals surface area contributed by atoms with Gasteiger partial charge in [-0.1, -0.05) is 30.7 Å². The maximum Gasteiger partial charge on any atom is 0.244 e.